The normalized spacial score (nSPS) is 11.5. The molecule has 0 saturated heterocycles. The minimum absolute atomic E-state index is 0.142. The average Bonchev–Trinajstić information content (AvgIpc) is 1.78. The Hall–Kier alpha value is -0.715. The van der Waals surface area contributed by atoms with Crippen LogP contribution in [0.2, 0.25) is 0 Å². The van der Waals surface area contributed by atoms with Gasteiger partial charge in [-0.3, -0.25) is 4.79 Å². The van der Waals surface area contributed by atoms with E-state index >= 15 is 0 Å². The molecule has 0 amide bonds. The molecule has 0 fully saturated rings. The summed E-state index contributed by atoms with van der Waals surface area (Å²) in [6.45, 7) is -4.98. The second-order valence-electron chi connectivity index (χ2n) is 2.06. The van der Waals surface area contributed by atoms with Crippen LogP contribution >= 0.6 is 0 Å². The van der Waals surface area contributed by atoms with Crippen molar-refractivity contribution in [2.24, 2.45) is 0 Å². The summed E-state index contributed by atoms with van der Waals surface area (Å²) in [5.41, 5.74) is 0. The number of carbonyl (C=O) groups is 1. The van der Waals surface area contributed by atoms with Gasteiger partial charge in [0.1, 0.15) is 0 Å². The summed E-state index contributed by atoms with van der Waals surface area (Å²) in [6, 6.07) is 0. The van der Waals surface area contributed by atoms with Gasteiger partial charge in [-0.05, 0) is 6.44 Å². The van der Waals surface area contributed by atoms with Crippen LogP contribution in [0.25, 0.3) is 0 Å². The molecule has 11 heavy (non-hydrogen) atoms. The van der Waals surface area contributed by atoms with Gasteiger partial charge in [0.2, 0.25) is 0 Å². The van der Waals surface area contributed by atoms with E-state index in [1.165, 1.54) is 0 Å². The minimum Gasteiger partial charge on any atom is -0.481 e. The molecule has 0 atom stereocenters. The molecule has 0 aromatic rings. The Morgan fingerprint density at radius 2 is 2.00 bits per heavy atom. The third-order valence-electron chi connectivity index (χ3n) is 0.891. The fourth-order valence-electron chi connectivity index (χ4n) is 0.461. The van der Waals surface area contributed by atoms with Gasteiger partial charge in [0.25, 0.3) is 0 Å². The highest BCUT2D eigenvalue weighted by Gasteiger charge is 2.21. The number of hydrogen-bond donors (Lipinski definition) is 2. The lowest BCUT2D eigenvalue weighted by Crippen LogP contribution is -2.34. The third kappa shape index (κ3) is 9.28. The Morgan fingerprint density at radius 1 is 1.45 bits per heavy atom. The molecule has 3 nitrogen and oxygen atoms in total. The lowest BCUT2D eigenvalue weighted by molar-refractivity contribution is -0.136. The van der Waals surface area contributed by atoms with Gasteiger partial charge in [-0.25, -0.2) is 0 Å². The predicted molar refractivity (Wildman–Crippen MR) is 34.2 cm³/mol. The molecule has 0 saturated carbocycles. The first-order chi connectivity index (χ1) is 4.92. The highest BCUT2D eigenvalue weighted by atomic mass is 19.4. The maximum Gasteiger partial charge on any atom is 0.491 e. The zero-order valence-corrected chi connectivity index (χ0v) is 5.69. The number of carboxylic acids is 1. The van der Waals surface area contributed by atoms with E-state index in [0.29, 0.717) is 0 Å². The van der Waals surface area contributed by atoms with Crippen molar-refractivity contribution >= 4 is 12.9 Å². The Bertz CT molecular complexity index is 138. The van der Waals surface area contributed by atoms with Crippen molar-refractivity contribution in [2.45, 2.75) is 6.42 Å². The number of hydrogen-bond acceptors (Lipinski definition) is 2. The van der Waals surface area contributed by atoms with E-state index in [4.69, 9.17) is 5.11 Å². The van der Waals surface area contributed by atoms with Gasteiger partial charge in [-0.15, -0.1) is 0 Å². The van der Waals surface area contributed by atoms with E-state index in [9.17, 15) is 17.7 Å². The molecule has 2 N–H and O–H groups in total. The van der Waals surface area contributed by atoms with Crippen molar-refractivity contribution in [1.82, 2.24) is 5.32 Å². The summed E-state index contributed by atoms with van der Waals surface area (Å²) >= 11 is 0. The summed E-state index contributed by atoms with van der Waals surface area (Å²) in [7, 11) is 0. The zero-order chi connectivity index (χ0) is 8.91. The first kappa shape index (κ1) is 10.3. The molecule has 0 aliphatic rings. The van der Waals surface area contributed by atoms with Crippen LogP contribution in [-0.4, -0.2) is 31.0 Å². The topological polar surface area (TPSA) is 49.3 Å². The minimum atomic E-state index is -4.84. The molecule has 7 heteroatoms. The maximum atomic E-state index is 11.4. The Morgan fingerprint density at radius 3 is 2.36 bits per heavy atom. The Kier molecular flexibility index (Phi) is 3.95. The molecule has 0 rings (SSSR count). The smallest absolute Gasteiger partial charge is 0.481 e. The molecule has 0 aromatic heterocycles. The average molecular weight is 170 g/mol. The standard InChI is InChI=1S/C4H8BF3NO2/c6-5(7,8)3-9-2-1-4(10)11/h9H,1-3H2,(H,10,11)/q-1. The van der Waals surface area contributed by atoms with E-state index in [1.54, 1.807) is 0 Å². The zero-order valence-electron chi connectivity index (χ0n) is 5.69. The van der Waals surface area contributed by atoms with Crippen molar-refractivity contribution in [2.75, 3.05) is 13.0 Å². The second-order valence-corrected chi connectivity index (χ2v) is 2.06. The van der Waals surface area contributed by atoms with E-state index in [1.807, 2.05) is 5.32 Å². The SMILES string of the molecule is O=C(O)CCNC[B-](F)(F)F. The Labute approximate surface area is 61.6 Å². The van der Waals surface area contributed by atoms with Crippen molar-refractivity contribution in [1.29, 1.82) is 0 Å². The van der Waals surface area contributed by atoms with Crippen LogP contribution in [0.15, 0.2) is 0 Å². The van der Waals surface area contributed by atoms with Crippen LogP contribution in [0.5, 0.6) is 0 Å². The van der Waals surface area contributed by atoms with Crippen LogP contribution in [0.1, 0.15) is 6.42 Å². The summed E-state index contributed by atoms with van der Waals surface area (Å²) < 4.78 is 34.3. The highest BCUT2D eigenvalue weighted by molar-refractivity contribution is 6.58. The maximum absolute atomic E-state index is 11.4. The molecule has 66 valence electrons. The van der Waals surface area contributed by atoms with Crippen molar-refractivity contribution in [3.05, 3.63) is 0 Å². The molecule has 0 aromatic carbocycles. The molecule has 0 heterocycles. The molecular weight excluding hydrogens is 162 g/mol. The molecule has 0 bridgehead atoms. The van der Waals surface area contributed by atoms with Crippen LogP contribution in [0.3, 0.4) is 0 Å². The van der Waals surface area contributed by atoms with Crippen molar-refractivity contribution in [3.8, 4) is 0 Å². The molecule has 0 radical (unpaired) electrons. The van der Waals surface area contributed by atoms with E-state index in [0.717, 1.165) is 0 Å². The van der Waals surface area contributed by atoms with Gasteiger partial charge in [0, 0.05) is 6.54 Å². The van der Waals surface area contributed by atoms with Gasteiger partial charge in [0.15, 0.2) is 0 Å². The quantitative estimate of drug-likeness (QED) is 0.464. The van der Waals surface area contributed by atoms with Crippen LogP contribution in [0.4, 0.5) is 12.9 Å². The van der Waals surface area contributed by atoms with Crippen molar-refractivity contribution in [3.63, 3.8) is 0 Å². The number of nitrogens with one attached hydrogen (secondary N) is 1. The first-order valence-corrected chi connectivity index (χ1v) is 3.05. The summed E-state index contributed by atoms with van der Waals surface area (Å²) in [5, 5.41) is 10.0. The van der Waals surface area contributed by atoms with Crippen LogP contribution in [-0.2, 0) is 4.79 Å². The summed E-state index contributed by atoms with van der Waals surface area (Å²) in [6.07, 6.45) is -1.36. The largest absolute Gasteiger partial charge is 0.491 e. The summed E-state index contributed by atoms with van der Waals surface area (Å²) in [4.78, 5) is 9.81. The number of carboxylic acid groups (broad SMARTS) is 1. The lowest BCUT2D eigenvalue weighted by atomic mass is 9.92. The number of rotatable bonds is 5. The van der Waals surface area contributed by atoms with Crippen LogP contribution in [0, 0.1) is 0 Å². The van der Waals surface area contributed by atoms with Gasteiger partial charge < -0.3 is 23.4 Å². The second kappa shape index (κ2) is 4.22. The first-order valence-electron chi connectivity index (χ1n) is 3.05. The third-order valence-corrected chi connectivity index (χ3v) is 0.891. The predicted octanol–water partition coefficient (Wildman–Crippen LogP) is 0.437. The van der Waals surface area contributed by atoms with Gasteiger partial charge in [-0.1, -0.05) is 0 Å². The van der Waals surface area contributed by atoms with Crippen LogP contribution < -0.4 is 5.32 Å². The fraction of sp³-hybridized carbons (Fsp3) is 0.750. The molecule has 0 aliphatic heterocycles. The number of halogens is 3. The molecular formula is C4H8BF3NO2-. The monoisotopic (exact) mass is 170 g/mol. The Balaban J connectivity index is 3.22. The fourth-order valence-corrected chi connectivity index (χ4v) is 0.461. The molecule has 0 spiro atoms. The van der Waals surface area contributed by atoms with E-state index < -0.39 is 19.4 Å². The van der Waals surface area contributed by atoms with E-state index in [2.05, 4.69) is 0 Å². The summed E-state index contributed by atoms with van der Waals surface area (Å²) in [5.74, 6) is -1.10. The lowest BCUT2D eigenvalue weighted by Gasteiger charge is -2.13. The molecule has 0 aliphatic carbocycles. The van der Waals surface area contributed by atoms with Gasteiger partial charge in [0.05, 0.1) is 6.42 Å². The van der Waals surface area contributed by atoms with Gasteiger partial charge >= 0.3 is 12.9 Å². The van der Waals surface area contributed by atoms with Gasteiger partial charge in [-0.2, -0.15) is 0 Å². The number of aliphatic carboxylic acids is 1. The van der Waals surface area contributed by atoms with Crippen molar-refractivity contribution < 1.29 is 22.8 Å². The molecule has 0 unspecified atom stereocenters. The van der Waals surface area contributed by atoms with E-state index in [-0.39, 0.29) is 13.0 Å². The highest BCUT2D eigenvalue weighted by Crippen LogP contribution is 2.04.